The van der Waals surface area contributed by atoms with Crippen LogP contribution in [0.1, 0.15) is 28.8 Å². The number of benzene rings is 1. The summed E-state index contributed by atoms with van der Waals surface area (Å²) in [5.74, 6) is 0.806. The summed E-state index contributed by atoms with van der Waals surface area (Å²) in [7, 11) is 2.13. The number of aromatic nitrogens is 1. The molecule has 7 heteroatoms. The standard InChI is InChI=1S/C23H29N5O2/c1-26-12-14-27(15-13-26)21-10-9-18(16-24-21)17-25-22(29)20-8-5-11-28(20)23(30)19-6-3-2-4-7-19/h2-4,6-7,9-10,16,20H,5,8,11-15,17H2,1H3,(H,25,29). The van der Waals surface area contributed by atoms with Gasteiger partial charge in [0.1, 0.15) is 11.9 Å². The molecule has 1 aromatic heterocycles. The van der Waals surface area contributed by atoms with Gasteiger partial charge in [-0.05, 0) is 43.7 Å². The Bertz CT molecular complexity index is 863. The molecule has 0 radical (unpaired) electrons. The second kappa shape index (κ2) is 9.26. The lowest BCUT2D eigenvalue weighted by Gasteiger charge is -2.33. The zero-order chi connectivity index (χ0) is 20.9. The molecule has 0 aliphatic carbocycles. The van der Waals surface area contributed by atoms with Crippen LogP contribution in [0.3, 0.4) is 0 Å². The molecule has 2 aliphatic rings. The van der Waals surface area contributed by atoms with Crippen LogP contribution < -0.4 is 10.2 Å². The van der Waals surface area contributed by atoms with Crippen molar-refractivity contribution in [3.63, 3.8) is 0 Å². The van der Waals surface area contributed by atoms with Gasteiger partial charge in [-0.1, -0.05) is 24.3 Å². The molecule has 158 valence electrons. The predicted molar refractivity (Wildman–Crippen MR) is 116 cm³/mol. The number of amides is 2. The summed E-state index contributed by atoms with van der Waals surface area (Å²) in [6, 6.07) is 12.8. The Hall–Kier alpha value is -2.93. The van der Waals surface area contributed by atoms with E-state index >= 15 is 0 Å². The summed E-state index contributed by atoms with van der Waals surface area (Å²) in [4.78, 5) is 36.4. The third-order valence-corrected chi connectivity index (χ3v) is 5.94. The molecule has 2 aromatic rings. The first-order valence-corrected chi connectivity index (χ1v) is 10.6. The minimum Gasteiger partial charge on any atom is -0.354 e. The number of carbonyl (C=O) groups is 2. The van der Waals surface area contributed by atoms with Crippen molar-refractivity contribution in [3.05, 3.63) is 59.8 Å². The smallest absolute Gasteiger partial charge is 0.254 e. The van der Waals surface area contributed by atoms with Crippen LogP contribution in [0.2, 0.25) is 0 Å². The zero-order valence-electron chi connectivity index (χ0n) is 17.5. The van der Waals surface area contributed by atoms with Gasteiger partial charge >= 0.3 is 0 Å². The fraction of sp³-hybridized carbons (Fsp3) is 0.435. The molecular formula is C23H29N5O2. The van der Waals surface area contributed by atoms with Gasteiger partial charge in [-0.3, -0.25) is 9.59 Å². The third kappa shape index (κ3) is 4.62. The highest BCUT2D eigenvalue weighted by atomic mass is 16.2. The minimum atomic E-state index is -0.407. The van der Waals surface area contributed by atoms with Crippen molar-refractivity contribution in [2.75, 3.05) is 44.7 Å². The number of pyridine rings is 1. The van der Waals surface area contributed by atoms with Crippen LogP contribution in [0.5, 0.6) is 0 Å². The van der Waals surface area contributed by atoms with E-state index in [1.54, 1.807) is 17.0 Å². The largest absolute Gasteiger partial charge is 0.354 e. The molecule has 0 saturated carbocycles. The van der Waals surface area contributed by atoms with Gasteiger partial charge in [0, 0.05) is 51.0 Å². The lowest BCUT2D eigenvalue weighted by Crippen LogP contribution is -2.45. The van der Waals surface area contributed by atoms with Gasteiger partial charge in [-0.15, -0.1) is 0 Å². The summed E-state index contributed by atoms with van der Waals surface area (Å²) in [5, 5.41) is 2.99. The molecule has 1 aromatic carbocycles. The van der Waals surface area contributed by atoms with Crippen LogP contribution in [0.15, 0.2) is 48.7 Å². The van der Waals surface area contributed by atoms with Crippen LogP contribution >= 0.6 is 0 Å². The molecule has 0 spiro atoms. The molecule has 2 amide bonds. The monoisotopic (exact) mass is 407 g/mol. The van der Waals surface area contributed by atoms with Gasteiger partial charge in [0.25, 0.3) is 5.91 Å². The molecule has 30 heavy (non-hydrogen) atoms. The normalized spacial score (nSPS) is 19.7. The average Bonchev–Trinajstić information content (AvgIpc) is 3.28. The predicted octanol–water partition coefficient (Wildman–Crippen LogP) is 1.75. The Morgan fingerprint density at radius 3 is 2.50 bits per heavy atom. The summed E-state index contributed by atoms with van der Waals surface area (Å²) in [6.45, 7) is 5.07. The first-order valence-electron chi connectivity index (χ1n) is 10.6. The molecule has 4 rings (SSSR count). The Labute approximate surface area is 177 Å². The first-order chi connectivity index (χ1) is 14.6. The topological polar surface area (TPSA) is 68.8 Å². The zero-order valence-corrected chi connectivity index (χ0v) is 17.5. The number of anilines is 1. The van der Waals surface area contributed by atoms with Gasteiger partial charge in [0.15, 0.2) is 0 Å². The van der Waals surface area contributed by atoms with E-state index in [1.807, 2.05) is 36.5 Å². The van der Waals surface area contributed by atoms with E-state index in [0.717, 1.165) is 44.0 Å². The second-order valence-electron chi connectivity index (χ2n) is 8.06. The maximum Gasteiger partial charge on any atom is 0.254 e. The van der Waals surface area contributed by atoms with Crippen LogP contribution in [0.4, 0.5) is 5.82 Å². The van der Waals surface area contributed by atoms with Crippen molar-refractivity contribution in [1.29, 1.82) is 0 Å². The van der Waals surface area contributed by atoms with Crippen molar-refractivity contribution in [2.45, 2.75) is 25.4 Å². The molecule has 2 aliphatic heterocycles. The lowest BCUT2D eigenvalue weighted by atomic mass is 10.1. The van der Waals surface area contributed by atoms with Gasteiger partial charge in [-0.2, -0.15) is 0 Å². The number of hydrogen-bond donors (Lipinski definition) is 1. The number of hydrogen-bond acceptors (Lipinski definition) is 5. The van der Waals surface area contributed by atoms with E-state index in [4.69, 9.17) is 0 Å². The SMILES string of the molecule is CN1CCN(c2ccc(CNC(=O)C3CCCN3C(=O)c3ccccc3)cn2)CC1. The molecule has 1 unspecified atom stereocenters. The van der Waals surface area contributed by atoms with E-state index < -0.39 is 6.04 Å². The minimum absolute atomic E-state index is 0.0774. The number of carbonyl (C=O) groups excluding carboxylic acids is 2. The van der Waals surface area contributed by atoms with E-state index in [9.17, 15) is 9.59 Å². The Balaban J connectivity index is 1.32. The molecule has 0 bridgehead atoms. The van der Waals surface area contributed by atoms with Crippen molar-refractivity contribution in [3.8, 4) is 0 Å². The molecule has 2 saturated heterocycles. The summed E-state index contributed by atoms with van der Waals surface area (Å²) in [6.07, 6.45) is 3.37. The van der Waals surface area contributed by atoms with Crippen molar-refractivity contribution < 1.29 is 9.59 Å². The lowest BCUT2D eigenvalue weighted by molar-refractivity contribution is -0.125. The van der Waals surface area contributed by atoms with Crippen LogP contribution in [-0.4, -0.2) is 72.4 Å². The molecule has 1 N–H and O–H groups in total. The van der Waals surface area contributed by atoms with Gasteiger partial charge < -0.3 is 20.0 Å². The average molecular weight is 408 g/mol. The van der Waals surface area contributed by atoms with E-state index in [-0.39, 0.29) is 11.8 Å². The van der Waals surface area contributed by atoms with Gasteiger partial charge in [0.2, 0.25) is 5.91 Å². The number of nitrogens with one attached hydrogen (secondary N) is 1. The highest BCUT2D eigenvalue weighted by Gasteiger charge is 2.34. The van der Waals surface area contributed by atoms with Crippen LogP contribution in [-0.2, 0) is 11.3 Å². The Kier molecular flexibility index (Phi) is 6.28. The number of nitrogens with zero attached hydrogens (tertiary/aromatic N) is 4. The summed E-state index contributed by atoms with van der Waals surface area (Å²) in [5.41, 5.74) is 1.58. The maximum absolute atomic E-state index is 12.8. The van der Waals surface area contributed by atoms with E-state index in [0.29, 0.717) is 25.1 Å². The molecule has 7 nitrogen and oxygen atoms in total. The maximum atomic E-state index is 12.8. The summed E-state index contributed by atoms with van der Waals surface area (Å²) >= 11 is 0. The highest BCUT2D eigenvalue weighted by Crippen LogP contribution is 2.20. The quantitative estimate of drug-likeness (QED) is 0.818. The van der Waals surface area contributed by atoms with E-state index in [1.165, 1.54) is 0 Å². The van der Waals surface area contributed by atoms with E-state index in [2.05, 4.69) is 27.1 Å². The molecule has 2 fully saturated rings. The number of likely N-dealkylation sites (N-methyl/N-ethyl adjacent to an activating group) is 1. The fourth-order valence-electron chi connectivity index (χ4n) is 4.08. The van der Waals surface area contributed by atoms with Crippen LogP contribution in [0.25, 0.3) is 0 Å². The third-order valence-electron chi connectivity index (χ3n) is 5.94. The number of likely N-dealkylation sites (tertiary alicyclic amines) is 1. The fourth-order valence-corrected chi connectivity index (χ4v) is 4.08. The van der Waals surface area contributed by atoms with Crippen molar-refractivity contribution in [2.24, 2.45) is 0 Å². The number of rotatable bonds is 5. The number of piperazine rings is 1. The van der Waals surface area contributed by atoms with Crippen LogP contribution in [0, 0.1) is 0 Å². The molecule has 1 atom stereocenters. The van der Waals surface area contributed by atoms with Gasteiger partial charge in [-0.25, -0.2) is 4.98 Å². The first kappa shape index (κ1) is 20.3. The Morgan fingerprint density at radius 1 is 1.03 bits per heavy atom. The molecule has 3 heterocycles. The van der Waals surface area contributed by atoms with Crippen molar-refractivity contribution >= 4 is 17.6 Å². The van der Waals surface area contributed by atoms with Gasteiger partial charge in [0.05, 0.1) is 0 Å². The summed E-state index contributed by atoms with van der Waals surface area (Å²) < 4.78 is 0. The Morgan fingerprint density at radius 2 is 1.80 bits per heavy atom. The molecular weight excluding hydrogens is 378 g/mol. The van der Waals surface area contributed by atoms with Crippen molar-refractivity contribution in [1.82, 2.24) is 20.1 Å². The highest BCUT2D eigenvalue weighted by molar-refractivity contribution is 5.97. The second-order valence-corrected chi connectivity index (χ2v) is 8.06.